The lowest BCUT2D eigenvalue weighted by Gasteiger charge is -2.48. The molecule has 0 N–H and O–H groups in total. The van der Waals surface area contributed by atoms with Crippen molar-refractivity contribution in [1.29, 1.82) is 0 Å². The molecule has 1 aliphatic rings. The summed E-state index contributed by atoms with van der Waals surface area (Å²) in [7, 11) is 2.21. The van der Waals surface area contributed by atoms with E-state index in [1.807, 2.05) is 0 Å². The molecule has 5 heteroatoms. The molecule has 0 radical (unpaired) electrons. The minimum Gasteiger partial charge on any atom is -0.390 e. The van der Waals surface area contributed by atoms with Gasteiger partial charge in [-0.25, -0.2) is 0 Å². The Morgan fingerprint density at radius 1 is 0.864 bits per heavy atom. The molecular weight excluding hydrogens is 268 g/mol. The molecule has 3 nitrogen and oxygen atoms in total. The van der Waals surface area contributed by atoms with Crippen molar-refractivity contribution in [2.24, 2.45) is 0 Å². The molecule has 0 unspecified atom stereocenters. The smallest absolute Gasteiger partial charge is 0.330 e. The summed E-state index contributed by atoms with van der Waals surface area (Å²) in [6, 6.07) is 21.4. The van der Waals surface area contributed by atoms with Crippen LogP contribution in [0.2, 0.25) is 13.6 Å². The van der Waals surface area contributed by atoms with E-state index in [0.717, 1.165) is 13.2 Å². The van der Waals surface area contributed by atoms with Crippen molar-refractivity contribution in [3.05, 3.63) is 66.2 Å². The first-order valence-electron chi connectivity index (χ1n) is 7.98. The molecule has 0 spiro atoms. The van der Waals surface area contributed by atoms with Crippen molar-refractivity contribution in [2.45, 2.75) is 20.2 Å². The van der Waals surface area contributed by atoms with Gasteiger partial charge < -0.3 is 14.3 Å². The van der Waals surface area contributed by atoms with Gasteiger partial charge in [0.15, 0.2) is 0 Å². The number of hydrogen-bond donors (Lipinski definition) is 0. The summed E-state index contributed by atoms with van der Waals surface area (Å²) in [5.74, 6) is 0. The molecule has 0 aliphatic carbocycles. The molecule has 1 fully saturated rings. The van der Waals surface area contributed by atoms with Gasteiger partial charge in [-0.1, -0.05) is 62.2 Å². The fraction of sp³-hybridized carbons (Fsp3) is 0.294. The molecule has 0 saturated carbocycles. The van der Waals surface area contributed by atoms with Gasteiger partial charge in [0.25, 0.3) is 6.98 Å². The fourth-order valence-electron chi connectivity index (χ4n) is 3.14. The van der Waals surface area contributed by atoms with Gasteiger partial charge in [0.1, 0.15) is 0 Å². The van der Waals surface area contributed by atoms with Crippen LogP contribution in [0.1, 0.15) is 5.56 Å². The predicted molar refractivity (Wildman–Crippen MR) is 96.8 cm³/mol. The number of para-hydroxylation sites is 1. The van der Waals surface area contributed by atoms with Crippen molar-refractivity contribution in [2.75, 3.05) is 18.5 Å². The summed E-state index contributed by atoms with van der Waals surface area (Å²) >= 11 is 0. The normalized spacial score (nSPS) is 17.1. The summed E-state index contributed by atoms with van der Waals surface area (Å²) in [4.78, 5) is 4.98. The number of benzene rings is 2. The maximum Gasteiger partial charge on any atom is 0.330 e. The van der Waals surface area contributed by atoms with Gasteiger partial charge in [0.05, 0.1) is 6.67 Å². The molecule has 1 heterocycles. The van der Waals surface area contributed by atoms with Crippen molar-refractivity contribution in [3.63, 3.8) is 0 Å². The Morgan fingerprint density at radius 2 is 1.45 bits per heavy atom. The first kappa shape index (κ1) is 15.2. The summed E-state index contributed by atoms with van der Waals surface area (Å²) in [5.41, 5.74) is 2.65. The van der Waals surface area contributed by atoms with Crippen LogP contribution in [0.4, 0.5) is 5.69 Å². The number of anilines is 1. The lowest BCUT2D eigenvalue weighted by Crippen LogP contribution is -2.68. The van der Waals surface area contributed by atoms with Gasteiger partial charge >= 0.3 is 6.98 Å². The summed E-state index contributed by atoms with van der Waals surface area (Å²) < 4.78 is 2.43. The third kappa shape index (κ3) is 3.06. The first-order valence-corrected chi connectivity index (χ1v) is 7.98. The van der Waals surface area contributed by atoms with E-state index in [2.05, 4.69) is 95.7 Å². The number of nitrogens with zero attached hydrogens (tertiary/aromatic N) is 3. The second kappa shape index (κ2) is 6.59. The highest BCUT2D eigenvalue weighted by Crippen LogP contribution is 2.23. The SMILES string of the molecule is CB1N(Cc2ccccc2)CN(c2ccccc2)B(C)N1C. The van der Waals surface area contributed by atoms with Crippen LogP contribution < -0.4 is 4.81 Å². The predicted octanol–water partition coefficient (Wildman–Crippen LogP) is 3.13. The van der Waals surface area contributed by atoms with Crippen LogP contribution in [-0.2, 0) is 6.54 Å². The first-order chi connectivity index (χ1) is 10.7. The Balaban J connectivity index is 1.82. The van der Waals surface area contributed by atoms with Gasteiger partial charge in [-0.2, -0.15) is 0 Å². The second-order valence-corrected chi connectivity index (χ2v) is 6.11. The molecule has 1 aliphatic heterocycles. The van der Waals surface area contributed by atoms with Crippen molar-refractivity contribution < 1.29 is 0 Å². The molecule has 0 amide bonds. The highest BCUT2D eigenvalue weighted by Gasteiger charge is 2.38. The van der Waals surface area contributed by atoms with Crippen LogP contribution >= 0.6 is 0 Å². The van der Waals surface area contributed by atoms with E-state index in [0.29, 0.717) is 14.0 Å². The van der Waals surface area contributed by atoms with Gasteiger partial charge in [-0.05, 0) is 24.7 Å². The van der Waals surface area contributed by atoms with E-state index in [4.69, 9.17) is 0 Å². The van der Waals surface area contributed by atoms with E-state index in [1.54, 1.807) is 0 Å². The summed E-state index contributed by atoms with van der Waals surface area (Å²) in [6.07, 6.45) is 0. The van der Waals surface area contributed by atoms with Crippen LogP contribution in [-0.4, -0.2) is 37.2 Å². The third-order valence-corrected chi connectivity index (χ3v) is 4.81. The zero-order valence-corrected chi connectivity index (χ0v) is 13.7. The Hall–Kier alpha value is -1.71. The van der Waals surface area contributed by atoms with Gasteiger partial charge in [-0.15, -0.1) is 0 Å². The highest BCUT2D eigenvalue weighted by atomic mass is 15.4. The Morgan fingerprint density at radius 3 is 2.09 bits per heavy atom. The maximum absolute atomic E-state index is 2.52. The van der Waals surface area contributed by atoms with Crippen LogP contribution in [0, 0.1) is 0 Å². The molecule has 1 saturated heterocycles. The molecule has 3 rings (SSSR count). The fourth-order valence-corrected chi connectivity index (χ4v) is 3.14. The van der Waals surface area contributed by atoms with Gasteiger partial charge in [0.2, 0.25) is 0 Å². The monoisotopic (exact) mass is 291 g/mol. The van der Waals surface area contributed by atoms with Gasteiger partial charge in [0, 0.05) is 12.2 Å². The molecule has 112 valence electrons. The molecule has 22 heavy (non-hydrogen) atoms. The zero-order valence-electron chi connectivity index (χ0n) is 13.7. The average molecular weight is 291 g/mol. The van der Waals surface area contributed by atoms with E-state index in [9.17, 15) is 0 Å². The van der Waals surface area contributed by atoms with Crippen LogP contribution in [0.15, 0.2) is 60.7 Å². The topological polar surface area (TPSA) is 9.72 Å². The van der Waals surface area contributed by atoms with Gasteiger partial charge in [-0.3, -0.25) is 0 Å². The largest absolute Gasteiger partial charge is 0.390 e. The molecule has 2 aromatic carbocycles. The third-order valence-electron chi connectivity index (χ3n) is 4.81. The minimum atomic E-state index is 0.393. The van der Waals surface area contributed by atoms with E-state index in [-0.39, 0.29) is 0 Å². The lowest BCUT2D eigenvalue weighted by atomic mass is 9.58. The Labute approximate surface area is 134 Å². The maximum atomic E-state index is 2.52. The van der Waals surface area contributed by atoms with Crippen LogP contribution in [0.3, 0.4) is 0 Å². The Bertz CT molecular complexity index is 591. The molecule has 0 aromatic heterocycles. The molecule has 0 atom stereocenters. The lowest BCUT2D eigenvalue weighted by molar-refractivity contribution is 0.394. The molecular formula is C17H23B2N3. The molecule has 2 aromatic rings. The van der Waals surface area contributed by atoms with Crippen LogP contribution in [0.25, 0.3) is 0 Å². The molecule has 0 bridgehead atoms. The standard InChI is InChI=1S/C17H23B2N3/c1-18-20(3)19(2)22(17-12-8-5-9-13-17)15-21(18)14-16-10-6-4-7-11-16/h4-13H,14-15H2,1-3H3. The minimum absolute atomic E-state index is 0.393. The zero-order chi connectivity index (χ0) is 15.5. The summed E-state index contributed by atoms with van der Waals surface area (Å²) in [5, 5.41) is 0. The highest BCUT2D eigenvalue weighted by molar-refractivity contribution is 6.73. The van der Waals surface area contributed by atoms with Crippen molar-refractivity contribution in [3.8, 4) is 0 Å². The van der Waals surface area contributed by atoms with E-state index >= 15 is 0 Å². The quantitative estimate of drug-likeness (QED) is 0.804. The van der Waals surface area contributed by atoms with E-state index < -0.39 is 0 Å². The number of hydrogen-bond acceptors (Lipinski definition) is 3. The second-order valence-electron chi connectivity index (χ2n) is 6.11. The summed E-state index contributed by atoms with van der Waals surface area (Å²) in [6.45, 7) is 7.32. The van der Waals surface area contributed by atoms with E-state index in [1.165, 1.54) is 11.3 Å². The Kier molecular flexibility index (Phi) is 4.55. The van der Waals surface area contributed by atoms with Crippen molar-refractivity contribution in [1.82, 2.24) is 9.53 Å². The van der Waals surface area contributed by atoms with Crippen molar-refractivity contribution >= 4 is 19.7 Å². The number of rotatable bonds is 3. The van der Waals surface area contributed by atoms with Crippen LogP contribution in [0.5, 0.6) is 0 Å². The average Bonchev–Trinajstić information content (AvgIpc) is 2.57.